The van der Waals surface area contributed by atoms with E-state index in [1.165, 1.54) is 5.57 Å². The van der Waals surface area contributed by atoms with E-state index in [9.17, 15) is 4.79 Å². The Morgan fingerprint density at radius 3 is 2.94 bits per heavy atom. The van der Waals surface area contributed by atoms with Crippen LogP contribution >= 0.6 is 0 Å². The maximum absolute atomic E-state index is 11.7. The van der Waals surface area contributed by atoms with Crippen molar-refractivity contribution in [2.45, 2.75) is 26.2 Å². The third-order valence-electron chi connectivity index (χ3n) is 3.67. The minimum atomic E-state index is -0.150. The van der Waals surface area contributed by atoms with Gasteiger partial charge in [0.15, 0.2) is 5.78 Å². The van der Waals surface area contributed by atoms with Gasteiger partial charge in [-0.15, -0.1) is 0 Å². The summed E-state index contributed by atoms with van der Waals surface area (Å²) >= 11 is 0. The summed E-state index contributed by atoms with van der Waals surface area (Å²) in [5.41, 5.74) is 2.67. The average Bonchev–Trinajstić information content (AvgIpc) is 2.28. The monoisotopic (exact) mass is 216 g/mol. The van der Waals surface area contributed by atoms with Gasteiger partial charge in [-0.2, -0.15) is 0 Å². The first-order valence-electron chi connectivity index (χ1n) is 5.53. The largest absolute Gasteiger partial charge is 0.515 e. The number of fused-ring (bicyclic) bond motifs is 1. The maximum Gasteiger partial charge on any atom is 0.184 e. The Hall–Kier alpha value is -1.57. The van der Waals surface area contributed by atoms with Gasteiger partial charge < -0.3 is 5.11 Å². The van der Waals surface area contributed by atoms with Gasteiger partial charge in [0.1, 0.15) is 0 Å². The predicted octanol–water partition coefficient (Wildman–Crippen LogP) is 3.24. The Balaban J connectivity index is 2.53. The summed E-state index contributed by atoms with van der Waals surface area (Å²) in [4.78, 5) is 11.7. The molecule has 1 atom stereocenters. The molecule has 1 unspecified atom stereocenters. The third kappa shape index (κ3) is 1.45. The second-order valence-electron chi connectivity index (χ2n) is 4.60. The quantitative estimate of drug-likeness (QED) is 0.539. The van der Waals surface area contributed by atoms with Crippen LogP contribution < -0.4 is 0 Å². The molecule has 0 saturated carbocycles. The Bertz CT molecular complexity index is 438. The highest BCUT2D eigenvalue weighted by molar-refractivity contribution is 6.05. The standard InChI is InChI=1S/C14H16O2/c1-3-11-5-4-6-12-7-13(16)10(9-15)8-14(11,12)2/h3,5,7,9,15H,1,4,6,8H2,2H3. The van der Waals surface area contributed by atoms with Crippen molar-refractivity contribution in [2.24, 2.45) is 5.41 Å². The van der Waals surface area contributed by atoms with E-state index in [0.29, 0.717) is 12.0 Å². The molecule has 0 aromatic carbocycles. The molecule has 2 rings (SSSR count). The number of hydrogen-bond donors (Lipinski definition) is 1. The van der Waals surface area contributed by atoms with Crippen molar-refractivity contribution in [2.75, 3.05) is 0 Å². The lowest BCUT2D eigenvalue weighted by atomic mass is 9.63. The van der Waals surface area contributed by atoms with Gasteiger partial charge in [0, 0.05) is 11.0 Å². The summed E-state index contributed by atoms with van der Waals surface area (Å²) in [6.07, 6.45) is 9.13. The number of ketones is 1. The molecule has 2 aliphatic rings. The Kier molecular flexibility index (Phi) is 2.58. The van der Waals surface area contributed by atoms with E-state index < -0.39 is 0 Å². The van der Waals surface area contributed by atoms with Crippen LogP contribution in [0.4, 0.5) is 0 Å². The molecule has 2 nitrogen and oxygen atoms in total. The van der Waals surface area contributed by atoms with Crippen molar-refractivity contribution >= 4 is 5.78 Å². The molecule has 1 N–H and O–H groups in total. The zero-order chi connectivity index (χ0) is 11.8. The van der Waals surface area contributed by atoms with Crippen LogP contribution in [0.15, 0.2) is 47.8 Å². The number of allylic oxidation sites excluding steroid dienone is 6. The van der Waals surface area contributed by atoms with Crippen molar-refractivity contribution in [3.8, 4) is 0 Å². The van der Waals surface area contributed by atoms with Gasteiger partial charge in [-0.05, 0) is 30.9 Å². The number of hydrogen-bond acceptors (Lipinski definition) is 2. The summed E-state index contributed by atoms with van der Waals surface area (Å²) < 4.78 is 0. The molecule has 0 spiro atoms. The van der Waals surface area contributed by atoms with Crippen LogP contribution in [-0.4, -0.2) is 10.9 Å². The van der Waals surface area contributed by atoms with Crippen molar-refractivity contribution in [1.29, 1.82) is 0 Å². The normalized spacial score (nSPS) is 31.8. The molecular weight excluding hydrogens is 200 g/mol. The molecule has 0 amide bonds. The highest BCUT2D eigenvalue weighted by atomic mass is 16.2. The van der Waals surface area contributed by atoms with Crippen LogP contribution in [0.2, 0.25) is 0 Å². The first kappa shape index (κ1) is 10.9. The van der Waals surface area contributed by atoms with Crippen molar-refractivity contribution in [1.82, 2.24) is 0 Å². The van der Waals surface area contributed by atoms with Crippen LogP contribution in [0, 0.1) is 5.41 Å². The fraction of sp³-hybridized carbons (Fsp3) is 0.357. The molecule has 0 aliphatic heterocycles. The van der Waals surface area contributed by atoms with E-state index in [1.54, 1.807) is 6.08 Å². The van der Waals surface area contributed by atoms with Gasteiger partial charge >= 0.3 is 0 Å². The third-order valence-corrected chi connectivity index (χ3v) is 3.67. The lowest BCUT2D eigenvalue weighted by Gasteiger charge is -2.39. The minimum Gasteiger partial charge on any atom is -0.515 e. The van der Waals surface area contributed by atoms with Crippen LogP contribution in [0.3, 0.4) is 0 Å². The average molecular weight is 216 g/mol. The Labute approximate surface area is 95.7 Å². The molecule has 16 heavy (non-hydrogen) atoms. The van der Waals surface area contributed by atoms with E-state index >= 15 is 0 Å². The van der Waals surface area contributed by atoms with Gasteiger partial charge in [-0.1, -0.05) is 31.2 Å². The smallest absolute Gasteiger partial charge is 0.184 e. The van der Waals surface area contributed by atoms with Gasteiger partial charge in [0.05, 0.1) is 6.26 Å². The zero-order valence-electron chi connectivity index (χ0n) is 9.49. The summed E-state index contributed by atoms with van der Waals surface area (Å²) in [6.45, 7) is 5.94. The van der Waals surface area contributed by atoms with Crippen LogP contribution in [0.1, 0.15) is 26.2 Å². The van der Waals surface area contributed by atoms with E-state index in [1.807, 2.05) is 6.08 Å². The second-order valence-corrected chi connectivity index (χ2v) is 4.60. The maximum atomic E-state index is 11.7. The Morgan fingerprint density at radius 2 is 2.31 bits per heavy atom. The zero-order valence-corrected chi connectivity index (χ0v) is 9.49. The molecule has 2 aliphatic carbocycles. The molecule has 0 radical (unpaired) electrons. The molecule has 0 aromatic heterocycles. The Morgan fingerprint density at radius 1 is 1.56 bits per heavy atom. The topological polar surface area (TPSA) is 37.3 Å². The van der Waals surface area contributed by atoms with Gasteiger partial charge in [0.2, 0.25) is 0 Å². The van der Waals surface area contributed by atoms with Gasteiger partial charge in [0.25, 0.3) is 0 Å². The fourth-order valence-corrected chi connectivity index (χ4v) is 2.65. The molecule has 0 aromatic rings. The van der Waals surface area contributed by atoms with Gasteiger partial charge in [-0.25, -0.2) is 0 Å². The highest BCUT2D eigenvalue weighted by Crippen LogP contribution is 2.49. The molecule has 2 heteroatoms. The summed E-state index contributed by atoms with van der Waals surface area (Å²) in [7, 11) is 0. The number of carbonyl (C=O) groups excluding carboxylic acids is 1. The highest BCUT2D eigenvalue weighted by Gasteiger charge is 2.39. The number of rotatable bonds is 1. The second kappa shape index (κ2) is 3.78. The first-order chi connectivity index (χ1) is 7.61. The van der Waals surface area contributed by atoms with E-state index in [-0.39, 0.29) is 11.2 Å². The first-order valence-corrected chi connectivity index (χ1v) is 5.53. The summed E-state index contributed by atoms with van der Waals surface area (Å²) in [6, 6.07) is 0. The molecular formula is C14H16O2. The van der Waals surface area contributed by atoms with Crippen molar-refractivity contribution in [3.63, 3.8) is 0 Å². The van der Waals surface area contributed by atoms with Gasteiger partial charge in [-0.3, -0.25) is 4.79 Å². The molecule has 0 heterocycles. The SMILES string of the molecule is C=CC1=CCCC2=CC(=O)C(=CO)CC12C. The number of carbonyl (C=O) groups is 1. The minimum absolute atomic E-state index is 0.0553. The fourth-order valence-electron chi connectivity index (χ4n) is 2.65. The van der Waals surface area contributed by atoms with Crippen LogP contribution in [-0.2, 0) is 4.79 Å². The lowest BCUT2D eigenvalue weighted by molar-refractivity contribution is -0.112. The van der Waals surface area contributed by atoms with E-state index in [0.717, 1.165) is 24.7 Å². The summed E-state index contributed by atoms with van der Waals surface area (Å²) in [5, 5.41) is 9.07. The molecule has 0 fully saturated rings. The van der Waals surface area contributed by atoms with Crippen molar-refractivity contribution in [3.05, 3.63) is 47.8 Å². The molecule has 0 saturated heterocycles. The lowest BCUT2D eigenvalue weighted by Crippen LogP contribution is -2.30. The van der Waals surface area contributed by atoms with Crippen LogP contribution in [0.25, 0.3) is 0 Å². The van der Waals surface area contributed by atoms with Crippen LogP contribution in [0.5, 0.6) is 0 Å². The summed E-state index contributed by atoms with van der Waals surface area (Å²) in [5.74, 6) is -0.0553. The van der Waals surface area contributed by atoms with Crippen molar-refractivity contribution < 1.29 is 9.90 Å². The van der Waals surface area contributed by atoms with E-state index in [4.69, 9.17) is 5.11 Å². The number of aliphatic hydroxyl groups is 1. The molecule has 84 valence electrons. The number of aliphatic hydroxyl groups excluding tert-OH is 1. The van der Waals surface area contributed by atoms with E-state index in [2.05, 4.69) is 19.6 Å². The molecule has 0 bridgehead atoms. The predicted molar refractivity (Wildman–Crippen MR) is 64.0 cm³/mol.